The maximum absolute atomic E-state index is 13.6. The summed E-state index contributed by atoms with van der Waals surface area (Å²) >= 11 is 0. The molecule has 2 aromatic carbocycles. The number of benzene rings is 2. The number of carbonyl (C=O) groups excluding carboxylic acids is 2. The molecule has 48 heavy (non-hydrogen) atoms. The predicted molar refractivity (Wildman–Crippen MR) is 174 cm³/mol. The van der Waals surface area contributed by atoms with Crippen LogP contribution >= 0.6 is 0 Å². The number of para-hydroxylation sites is 1. The van der Waals surface area contributed by atoms with Crippen LogP contribution in [0.15, 0.2) is 48.5 Å². The van der Waals surface area contributed by atoms with Crippen molar-refractivity contribution in [3.05, 3.63) is 65.2 Å². The van der Waals surface area contributed by atoms with Crippen molar-refractivity contribution in [1.29, 1.82) is 0 Å². The largest absolute Gasteiger partial charge is 0.481 e. The van der Waals surface area contributed by atoms with Gasteiger partial charge in [-0.25, -0.2) is 4.79 Å². The van der Waals surface area contributed by atoms with Gasteiger partial charge in [0.2, 0.25) is 11.8 Å². The van der Waals surface area contributed by atoms with Crippen molar-refractivity contribution in [3.63, 3.8) is 0 Å². The predicted octanol–water partition coefficient (Wildman–Crippen LogP) is 1.63. The fraction of sp³-hybridized carbons (Fsp3) is 0.514. The third-order valence-electron chi connectivity index (χ3n) is 10.3. The van der Waals surface area contributed by atoms with Crippen molar-refractivity contribution in [2.75, 3.05) is 37.6 Å². The highest BCUT2D eigenvalue weighted by Crippen LogP contribution is 2.46. The summed E-state index contributed by atoms with van der Waals surface area (Å²) < 4.78 is 0. The van der Waals surface area contributed by atoms with E-state index in [-0.39, 0.29) is 17.9 Å². The summed E-state index contributed by atoms with van der Waals surface area (Å²) in [6.45, 7) is 4.10. The lowest BCUT2D eigenvalue weighted by molar-refractivity contribution is -0.170. The molecule has 6 rings (SSSR count). The highest BCUT2D eigenvalue weighted by molar-refractivity contribution is 6.03. The van der Waals surface area contributed by atoms with E-state index < -0.39 is 42.4 Å². The fourth-order valence-corrected chi connectivity index (χ4v) is 7.67. The minimum Gasteiger partial charge on any atom is -0.481 e. The van der Waals surface area contributed by atoms with Gasteiger partial charge < -0.3 is 36.0 Å². The lowest BCUT2D eigenvalue weighted by Crippen LogP contribution is -2.50. The lowest BCUT2D eigenvalue weighted by Gasteiger charge is -2.40. The fourth-order valence-electron chi connectivity index (χ4n) is 7.67. The second-order valence-electron chi connectivity index (χ2n) is 13.5. The van der Waals surface area contributed by atoms with Crippen molar-refractivity contribution in [2.45, 2.75) is 80.9 Å². The van der Waals surface area contributed by atoms with Gasteiger partial charge in [-0.3, -0.25) is 24.1 Å². The molecular weight excluding hydrogens is 620 g/mol. The molecule has 13 nitrogen and oxygen atoms in total. The van der Waals surface area contributed by atoms with Gasteiger partial charge in [0.15, 0.2) is 5.60 Å². The van der Waals surface area contributed by atoms with E-state index in [0.29, 0.717) is 31.3 Å². The van der Waals surface area contributed by atoms with Gasteiger partial charge in [0.1, 0.15) is 6.04 Å². The van der Waals surface area contributed by atoms with Crippen LogP contribution in [0.4, 0.5) is 5.69 Å². The zero-order chi connectivity index (χ0) is 34.6. The average Bonchev–Trinajstić information content (AvgIpc) is 3.75. The highest BCUT2D eigenvalue weighted by atomic mass is 16.4. The van der Waals surface area contributed by atoms with Gasteiger partial charge in [-0.15, -0.1) is 0 Å². The van der Waals surface area contributed by atoms with E-state index in [0.717, 1.165) is 37.3 Å². The van der Waals surface area contributed by atoms with Crippen LogP contribution < -0.4 is 10.6 Å². The number of anilines is 1. The SMILES string of the molecule is NC1CCN(C(=O)[C@@H]2Cc3ccccc3N2C(=O)CCN2CCC3(CCc4ccccc43)CC2)C1.O=C(O)CC(O)(CC(=O)O)C(=O)O. The van der Waals surface area contributed by atoms with Crippen molar-refractivity contribution in [3.8, 4) is 0 Å². The van der Waals surface area contributed by atoms with Gasteiger partial charge in [0.05, 0.1) is 12.8 Å². The Kier molecular flexibility index (Phi) is 10.5. The molecule has 2 amide bonds. The Morgan fingerprint density at radius 3 is 2.08 bits per heavy atom. The number of piperidine rings is 1. The van der Waals surface area contributed by atoms with E-state index in [1.165, 1.54) is 31.2 Å². The molecule has 0 saturated carbocycles. The van der Waals surface area contributed by atoms with Crippen molar-refractivity contribution >= 4 is 35.4 Å². The number of aliphatic carboxylic acids is 3. The molecule has 3 heterocycles. The van der Waals surface area contributed by atoms with E-state index in [1.54, 1.807) is 10.5 Å². The molecule has 0 radical (unpaired) electrons. The van der Waals surface area contributed by atoms with Crippen LogP contribution in [-0.4, -0.2) is 110 Å². The Morgan fingerprint density at radius 1 is 0.854 bits per heavy atom. The molecular formula is C35H44N4O9. The molecule has 2 fully saturated rings. The van der Waals surface area contributed by atoms with Crippen LogP contribution in [-0.2, 0) is 42.2 Å². The van der Waals surface area contributed by atoms with Crippen LogP contribution in [0.1, 0.15) is 61.6 Å². The number of nitrogens with zero attached hydrogens (tertiary/aromatic N) is 3. The van der Waals surface area contributed by atoms with E-state index in [1.807, 2.05) is 29.2 Å². The molecule has 3 aliphatic heterocycles. The Morgan fingerprint density at radius 2 is 1.48 bits per heavy atom. The molecule has 0 bridgehead atoms. The zero-order valence-corrected chi connectivity index (χ0v) is 26.9. The number of hydrogen-bond donors (Lipinski definition) is 5. The number of amides is 2. The monoisotopic (exact) mass is 664 g/mol. The van der Waals surface area contributed by atoms with Crippen molar-refractivity contribution < 1.29 is 44.4 Å². The number of hydrogen-bond acceptors (Lipinski definition) is 8. The number of aryl methyl sites for hydroxylation is 1. The van der Waals surface area contributed by atoms with Gasteiger partial charge in [-0.05, 0) is 73.4 Å². The summed E-state index contributed by atoms with van der Waals surface area (Å²) in [7, 11) is 0. The number of rotatable bonds is 9. The number of fused-ring (bicyclic) bond motifs is 3. The first-order valence-electron chi connectivity index (χ1n) is 16.5. The maximum atomic E-state index is 13.6. The first kappa shape index (κ1) is 35.0. The molecule has 258 valence electrons. The summed E-state index contributed by atoms with van der Waals surface area (Å²) in [5.41, 5.74) is 8.73. The Labute approximate surface area is 278 Å². The van der Waals surface area contributed by atoms with E-state index in [4.69, 9.17) is 26.2 Å². The van der Waals surface area contributed by atoms with Gasteiger partial charge in [-0.1, -0.05) is 42.5 Å². The standard InChI is InChI=1S/C29H36N4O2.C6H8O7/c30-23-10-16-32(20-23)28(35)26-19-22-6-2-4-8-25(22)33(26)27(34)11-15-31-17-13-29(14-18-31)12-9-21-5-1-3-7-24(21)29;7-3(8)1-6(13,5(11)12)2-4(9)10/h1-8,23,26H,9-20,30H2;13H,1-2H2,(H,7,8)(H,9,10)(H,11,12)/t23?,26-;/m0./s1. The Balaban J connectivity index is 0.000000296. The third kappa shape index (κ3) is 7.53. The average molecular weight is 665 g/mol. The molecule has 2 saturated heterocycles. The van der Waals surface area contributed by atoms with Gasteiger partial charge >= 0.3 is 17.9 Å². The smallest absolute Gasteiger partial charge is 0.336 e. The molecule has 1 aliphatic carbocycles. The number of carboxylic acid groups (broad SMARTS) is 3. The third-order valence-corrected chi connectivity index (χ3v) is 10.3. The van der Waals surface area contributed by atoms with E-state index in [9.17, 15) is 24.0 Å². The van der Waals surface area contributed by atoms with Crippen LogP contribution in [0.2, 0.25) is 0 Å². The minimum atomic E-state index is -2.74. The molecule has 0 aromatic heterocycles. The molecule has 13 heteroatoms. The second-order valence-corrected chi connectivity index (χ2v) is 13.5. The molecule has 2 aromatic rings. The Hall–Kier alpha value is -4.33. The van der Waals surface area contributed by atoms with Crippen LogP contribution in [0, 0.1) is 0 Å². The normalized spacial score (nSPS) is 21.3. The van der Waals surface area contributed by atoms with E-state index >= 15 is 0 Å². The lowest BCUT2D eigenvalue weighted by atomic mass is 9.74. The van der Waals surface area contributed by atoms with Crippen LogP contribution in [0.25, 0.3) is 0 Å². The molecule has 2 atom stereocenters. The van der Waals surface area contributed by atoms with Crippen LogP contribution in [0.3, 0.4) is 0 Å². The quantitative estimate of drug-likeness (QED) is 0.261. The highest BCUT2D eigenvalue weighted by Gasteiger charge is 2.43. The number of aliphatic hydroxyl groups is 1. The number of likely N-dealkylation sites (tertiary alicyclic amines) is 2. The summed E-state index contributed by atoms with van der Waals surface area (Å²) in [4.78, 5) is 63.5. The number of carboxylic acids is 3. The summed E-state index contributed by atoms with van der Waals surface area (Å²) in [5, 5.41) is 33.8. The van der Waals surface area contributed by atoms with Gasteiger partial charge in [0, 0.05) is 44.2 Å². The molecule has 1 spiro atoms. The van der Waals surface area contributed by atoms with Crippen molar-refractivity contribution in [1.82, 2.24) is 9.80 Å². The molecule has 1 unspecified atom stereocenters. The summed E-state index contributed by atoms with van der Waals surface area (Å²) in [6, 6.07) is 16.5. The van der Waals surface area contributed by atoms with E-state index in [2.05, 4.69) is 29.2 Å². The van der Waals surface area contributed by atoms with Gasteiger partial charge in [-0.2, -0.15) is 0 Å². The van der Waals surface area contributed by atoms with Crippen LogP contribution in [0.5, 0.6) is 0 Å². The molecule has 4 aliphatic rings. The van der Waals surface area contributed by atoms with Gasteiger partial charge in [0.25, 0.3) is 0 Å². The Bertz CT molecular complexity index is 1540. The summed E-state index contributed by atoms with van der Waals surface area (Å²) in [6.07, 6.45) is 4.37. The first-order valence-corrected chi connectivity index (χ1v) is 16.5. The molecule has 6 N–H and O–H groups in total. The first-order chi connectivity index (χ1) is 22.8. The summed E-state index contributed by atoms with van der Waals surface area (Å²) in [5.74, 6) is -4.92. The number of nitrogens with two attached hydrogens (primary N) is 1. The number of carbonyl (C=O) groups is 5. The zero-order valence-electron chi connectivity index (χ0n) is 26.9. The minimum absolute atomic E-state index is 0.0427. The van der Waals surface area contributed by atoms with Crippen molar-refractivity contribution in [2.24, 2.45) is 5.73 Å². The topological polar surface area (TPSA) is 202 Å². The second kappa shape index (κ2) is 14.4. The maximum Gasteiger partial charge on any atom is 0.336 e.